The Morgan fingerprint density at radius 2 is 1.90 bits per heavy atom. The van der Waals surface area contributed by atoms with Gasteiger partial charge in [0.25, 0.3) is 0 Å². The molecule has 3 N–H and O–H groups in total. The summed E-state index contributed by atoms with van der Waals surface area (Å²) >= 11 is 1.21. The number of carbonyl (C=O) groups is 2. The standard InChI is InChI=1S/C28H38F3NO7S/c1-13(6-17-12-40-22(11-33)32-17)19-8-21-27(39-21,28(29,30)31)10-16-7-18(16)14(2)24(36)15(3)25(37)26(4,5)20(34)9-23(35)38-19/h6,12,14-16,18-21,24,33-34,36H,7-11H2,1-5H3/b13-6+/t14-,15+,16?,18?,19+,20-,21?,24+,27?/m0/s1. The third-order valence-corrected chi connectivity index (χ3v) is 9.95. The Bertz CT molecular complexity index is 1150. The molecule has 1 saturated carbocycles. The van der Waals surface area contributed by atoms with Crippen LogP contribution < -0.4 is 0 Å². The van der Waals surface area contributed by atoms with Gasteiger partial charge in [0.15, 0.2) is 5.60 Å². The monoisotopic (exact) mass is 589 g/mol. The van der Waals surface area contributed by atoms with Gasteiger partial charge >= 0.3 is 12.1 Å². The van der Waals surface area contributed by atoms with Gasteiger partial charge in [-0.2, -0.15) is 13.2 Å². The van der Waals surface area contributed by atoms with Crippen molar-refractivity contribution < 1.29 is 47.6 Å². The van der Waals surface area contributed by atoms with Crippen molar-refractivity contribution in [2.75, 3.05) is 0 Å². The van der Waals surface area contributed by atoms with Gasteiger partial charge in [-0.05, 0) is 49.2 Å². The fourth-order valence-corrected chi connectivity index (χ4v) is 6.70. The molecule has 8 nitrogen and oxygen atoms in total. The third kappa shape index (κ3) is 6.01. The molecule has 9 atom stereocenters. The summed E-state index contributed by atoms with van der Waals surface area (Å²) in [7, 11) is 0. The molecule has 3 aliphatic rings. The molecule has 0 radical (unpaired) electrons. The number of hydrogen-bond donors (Lipinski definition) is 3. The Labute approximate surface area is 235 Å². The Balaban J connectivity index is 1.66. The SMILES string of the molecule is C/C(=C\c1csc(CO)n1)[C@H]1CC2OC2(C(F)(F)F)CC2CC2[C@H](C)[C@@H](O)[C@@H](C)C(=O)C(C)(C)[C@@H](O)CC(=O)O1. The molecule has 0 bridgehead atoms. The zero-order valence-electron chi connectivity index (χ0n) is 23.3. The number of aromatic nitrogens is 1. The highest BCUT2D eigenvalue weighted by Crippen LogP contribution is 2.61. The van der Waals surface area contributed by atoms with Crippen molar-refractivity contribution in [1.29, 1.82) is 0 Å². The van der Waals surface area contributed by atoms with Gasteiger partial charge < -0.3 is 24.8 Å². The number of carbonyl (C=O) groups excluding carboxylic acids is 2. The van der Waals surface area contributed by atoms with Gasteiger partial charge in [0.05, 0.1) is 36.3 Å². The number of thiazole rings is 1. The normalized spacial score (nSPS) is 39.2. The largest absolute Gasteiger partial charge is 0.458 e. The molecule has 3 heterocycles. The van der Waals surface area contributed by atoms with Crippen LogP contribution in [0.5, 0.6) is 0 Å². The second-order valence-electron chi connectivity index (χ2n) is 12.2. The number of nitrogens with zero attached hydrogens (tertiary/aromatic N) is 1. The average molecular weight is 590 g/mol. The number of fused-ring (bicyclic) bond motifs is 2. The van der Waals surface area contributed by atoms with Crippen LogP contribution >= 0.6 is 11.3 Å². The second-order valence-corrected chi connectivity index (χ2v) is 13.2. The molecule has 224 valence electrons. The quantitative estimate of drug-likeness (QED) is 0.356. The van der Waals surface area contributed by atoms with Crippen LogP contribution in [0.25, 0.3) is 6.08 Å². The lowest BCUT2D eigenvalue weighted by molar-refractivity contribution is -0.187. The fraction of sp³-hybridized carbons (Fsp3) is 0.750. The zero-order chi connectivity index (χ0) is 29.8. The summed E-state index contributed by atoms with van der Waals surface area (Å²) in [6.45, 7) is 7.63. The number of ketones is 1. The van der Waals surface area contributed by atoms with Gasteiger partial charge in [0, 0.05) is 17.7 Å². The van der Waals surface area contributed by atoms with E-state index >= 15 is 0 Å². The molecule has 1 aromatic rings. The number of aliphatic hydroxyl groups excluding tert-OH is 3. The molecule has 2 saturated heterocycles. The number of halogens is 3. The van der Waals surface area contributed by atoms with Crippen molar-refractivity contribution in [1.82, 2.24) is 4.98 Å². The summed E-state index contributed by atoms with van der Waals surface area (Å²) in [6.07, 6.45) is -8.58. The molecular weight excluding hydrogens is 551 g/mol. The predicted molar refractivity (Wildman–Crippen MR) is 140 cm³/mol. The highest BCUT2D eigenvalue weighted by atomic mass is 32.1. The minimum absolute atomic E-state index is 0.198. The Kier molecular flexibility index (Phi) is 8.62. The van der Waals surface area contributed by atoms with E-state index in [0.29, 0.717) is 22.7 Å². The van der Waals surface area contributed by atoms with Crippen LogP contribution in [0.1, 0.15) is 71.0 Å². The lowest BCUT2D eigenvalue weighted by Gasteiger charge is -2.34. The summed E-state index contributed by atoms with van der Waals surface area (Å²) in [5.41, 5.74) is -2.88. The van der Waals surface area contributed by atoms with Crippen molar-refractivity contribution in [3.05, 3.63) is 21.7 Å². The molecule has 40 heavy (non-hydrogen) atoms. The minimum Gasteiger partial charge on any atom is -0.458 e. The Hall–Kier alpha value is -1.86. The molecular formula is C28H38F3NO7S. The van der Waals surface area contributed by atoms with E-state index in [-0.39, 0.29) is 31.3 Å². The van der Waals surface area contributed by atoms with Crippen LogP contribution in [-0.4, -0.2) is 68.2 Å². The molecule has 0 spiro atoms. The molecule has 4 unspecified atom stereocenters. The van der Waals surface area contributed by atoms with E-state index in [2.05, 4.69) is 4.98 Å². The number of aliphatic hydroxyl groups is 3. The first kappa shape index (κ1) is 31.1. The van der Waals surface area contributed by atoms with Crippen molar-refractivity contribution in [2.45, 2.75) is 103 Å². The van der Waals surface area contributed by atoms with Gasteiger partial charge in [-0.15, -0.1) is 11.3 Å². The van der Waals surface area contributed by atoms with E-state index in [4.69, 9.17) is 9.47 Å². The van der Waals surface area contributed by atoms with E-state index in [0.717, 1.165) is 0 Å². The fourth-order valence-electron chi connectivity index (χ4n) is 6.09. The molecule has 2 aliphatic heterocycles. The molecule has 1 aromatic heterocycles. The highest BCUT2D eigenvalue weighted by molar-refractivity contribution is 7.09. The average Bonchev–Trinajstić information content (AvgIpc) is 3.75. The second kappa shape index (κ2) is 11.1. The first-order chi connectivity index (χ1) is 18.5. The predicted octanol–water partition coefficient (Wildman–Crippen LogP) is 4.06. The number of rotatable bonds is 3. The zero-order valence-corrected chi connectivity index (χ0v) is 24.1. The van der Waals surface area contributed by atoms with E-state index < -0.39 is 71.6 Å². The third-order valence-electron chi connectivity index (χ3n) is 9.10. The number of alkyl halides is 3. The van der Waals surface area contributed by atoms with Gasteiger partial charge in [-0.25, -0.2) is 4.98 Å². The lowest BCUT2D eigenvalue weighted by Crippen LogP contribution is -2.46. The number of esters is 1. The lowest BCUT2D eigenvalue weighted by atomic mass is 9.72. The number of Topliss-reactive ketones (excluding diaryl/α,β-unsaturated/α-hetero) is 1. The van der Waals surface area contributed by atoms with Crippen LogP contribution in [0, 0.1) is 29.1 Å². The van der Waals surface area contributed by atoms with Crippen molar-refractivity contribution >= 4 is 29.2 Å². The summed E-state index contributed by atoms with van der Waals surface area (Å²) < 4.78 is 54.1. The van der Waals surface area contributed by atoms with Crippen molar-refractivity contribution in [3.63, 3.8) is 0 Å². The summed E-state index contributed by atoms with van der Waals surface area (Å²) in [5, 5.41) is 33.3. The Morgan fingerprint density at radius 1 is 1.23 bits per heavy atom. The first-order valence-electron chi connectivity index (χ1n) is 13.6. The first-order valence-corrected chi connectivity index (χ1v) is 14.5. The summed E-state index contributed by atoms with van der Waals surface area (Å²) in [6, 6.07) is 0. The summed E-state index contributed by atoms with van der Waals surface area (Å²) in [5.74, 6) is -3.19. The minimum atomic E-state index is -4.65. The van der Waals surface area contributed by atoms with E-state index in [1.54, 1.807) is 32.2 Å². The van der Waals surface area contributed by atoms with Crippen LogP contribution in [0.15, 0.2) is 11.0 Å². The van der Waals surface area contributed by atoms with Crippen LogP contribution in [-0.2, 0) is 25.7 Å². The molecule has 12 heteroatoms. The van der Waals surface area contributed by atoms with Crippen molar-refractivity contribution in [2.24, 2.45) is 29.1 Å². The highest BCUT2D eigenvalue weighted by Gasteiger charge is 2.74. The maximum absolute atomic E-state index is 14.4. The Morgan fingerprint density at radius 3 is 2.50 bits per heavy atom. The molecule has 1 aliphatic carbocycles. The maximum Gasteiger partial charge on any atom is 0.420 e. The molecule has 0 aromatic carbocycles. The smallest absolute Gasteiger partial charge is 0.420 e. The van der Waals surface area contributed by atoms with Crippen LogP contribution in [0.3, 0.4) is 0 Å². The van der Waals surface area contributed by atoms with Gasteiger partial charge in [0.1, 0.15) is 23.0 Å². The topological polar surface area (TPSA) is 129 Å². The van der Waals surface area contributed by atoms with Gasteiger partial charge in [-0.1, -0.05) is 27.7 Å². The molecule has 3 fully saturated rings. The van der Waals surface area contributed by atoms with E-state index in [1.165, 1.54) is 25.2 Å². The van der Waals surface area contributed by atoms with Crippen molar-refractivity contribution in [3.8, 4) is 0 Å². The maximum atomic E-state index is 14.4. The van der Waals surface area contributed by atoms with E-state index in [9.17, 15) is 38.1 Å². The number of epoxide rings is 1. The number of hydrogen-bond acceptors (Lipinski definition) is 9. The van der Waals surface area contributed by atoms with E-state index in [1.807, 2.05) is 0 Å². The van der Waals surface area contributed by atoms with Gasteiger partial charge in [0.2, 0.25) is 0 Å². The summed E-state index contributed by atoms with van der Waals surface area (Å²) in [4.78, 5) is 30.5. The number of ether oxygens (including phenoxy) is 2. The van der Waals surface area contributed by atoms with Crippen LogP contribution in [0.4, 0.5) is 13.2 Å². The van der Waals surface area contributed by atoms with Crippen LogP contribution in [0.2, 0.25) is 0 Å². The number of cyclic esters (lactones) is 1. The molecule has 0 amide bonds. The molecule has 4 rings (SSSR count). The van der Waals surface area contributed by atoms with Gasteiger partial charge in [-0.3, -0.25) is 9.59 Å².